The molecule has 1 aliphatic heterocycles. The maximum absolute atomic E-state index is 10.7. The first-order chi connectivity index (χ1) is 5.47. The van der Waals surface area contributed by atoms with E-state index in [0.29, 0.717) is 19.5 Å². The Bertz CT molecular complexity index is 195. The summed E-state index contributed by atoms with van der Waals surface area (Å²) in [6, 6.07) is 0. The molecular formula is C8H15NO3. The number of carbonyl (C=O) groups is 1. The van der Waals surface area contributed by atoms with Crippen LogP contribution in [0.15, 0.2) is 0 Å². The highest BCUT2D eigenvalue weighted by Crippen LogP contribution is 2.27. The fourth-order valence-electron chi connectivity index (χ4n) is 1.64. The SMILES string of the molecule is C[C@H]1CN(C)CC[C@]1(O)C(=O)O. The number of likely N-dealkylation sites (tertiary alicyclic amines) is 1. The summed E-state index contributed by atoms with van der Waals surface area (Å²) < 4.78 is 0. The van der Waals surface area contributed by atoms with E-state index in [9.17, 15) is 9.90 Å². The molecule has 1 rings (SSSR count). The number of aliphatic hydroxyl groups is 1. The number of rotatable bonds is 1. The summed E-state index contributed by atoms with van der Waals surface area (Å²) in [7, 11) is 1.93. The number of carboxylic acid groups (broad SMARTS) is 1. The van der Waals surface area contributed by atoms with Crippen LogP contribution in [-0.4, -0.2) is 46.8 Å². The van der Waals surface area contributed by atoms with Gasteiger partial charge in [0.1, 0.15) is 0 Å². The third kappa shape index (κ3) is 1.44. The van der Waals surface area contributed by atoms with Gasteiger partial charge in [-0.05, 0) is 13.5 Å². The first-order valence-electron chi connectivity index (χ1n) is 4.11. The first-order valence-corrected chi connectivity index (χ1v) is 4.11. The van der Waals surface area contributed by atoms with Crippen LogP contribution >= 0.6 is 0 Å². The first kappa shape index (κ1) is 9.48. The van der Waals surface area contributed by atoms with E-state index >= 15 is 0 Å². The molecule has 12 heavy (non-hydrogen) atoms. The van der Waals surface area contributed by atoms with E-state index in [-0.39, 0.29) is 5.92 Å². The zero-order chi connectivity index (χ0) is 9.35. The zero-order valence-corrected chi connectivity index (χ0v) is 7.45. The third-order valence-electron chi connectivity index (χ3n) is 2.65. The lowest BCUT2D eigenvalue weighted by atomic mass is 9.82. The van der Waals surface area contributed by atoms with Crippen molar-refractivity contribution in [3.8, 4) is 0 Å². The number of hydrogen-bond acceptors (Lipinski definition) is 3. The van der Waals surface area contributed by atoms with Crippen LogP contribution in [0, 0.1) is 5.92 Å². The van der Waals surface area contributed by atoms with Crippen molar-refractivity contribution < 1.29 is 15.0 Å². The monoisotopic (exact) mass is 173 g/mol. The molecule has 0 aromatic carbocycles. The van der Waals surface area contributed by atoms with E-state index in [2.05, 4.69) is 0 Å². The normalized spacial score (nSPS) is 38.1. The van der Waals surface area contributed by atoms with E-state index in [1.807, 2.05) is 11.9 Å². The lowest BCUT2D eigenvalue weighted by Crippen LogP contribution is -2.54. The van der Waals surface area contributed by atoms with Crippen LogP contribution in [0.1, 0.15) is 13.3 Å². The molecule has 1 aliphatic rings. The molecule has 0 spiro atoms. The summed E-state index contributed by atoms with van der Waals surface area (Å²) in [5.74, 6) is -1.29. The lowest BCUT2D eigenvalue weighted by molar-refractivity contribution is -0.170. The predicted molar refractivity (Wildman–Crippen MR) is 43.9 cm³/mol. The molecule has 0 unspecified atom stereocenters. The summed E-state index contributed by atoms with van der Waals surface area (Å²) in [6.45, 7) is 3.06. The third-order valence-corrected chi connectivity index (χ3v) is 2.65. The van der Waals surface area contributed by atoms with Crippen molar-refractivity contribution in [2.24, 2.45) is 5.92 Å². The van der Waals surface area contributed by atoms with E-state index in [1.165, 1.54) is 0 Å². The highest BCUT2D eigenvalue weighted by Gasteiger charge is 2.44. The highest BCUT2D eigenvalue weighted by molar-refractivity contribution is 5.77. The molecule has 0 aliphatic carbocycles. The van der Waals surface area contributed by atoms with Crippen LogP contribution in [0.3, 0.4) is 0 Å². The molecule has 0 aromatic rings. The quantitative estimate of drug-likeness (QED) is 0.575. The van der Waals surface area contributed by atoms with Crippen molar-refractivity contribution in [2.75, 3.05) is 20.1 Å². The van der Waals surface area contributed by atoms with E-state index in [0.717, 1.165) is 0 Å². The van der Waals surface area contributed by atoms with Crippen molar-refractivity contribution in [1.29, 1.82) is 0 Å². The van der Waals surface area contributed by atoms with Crippen molar-refractivity contribution in [2.45, 2.75) is 18.9 Å². The van der Waals surface area contributed by atoms with Crippen LogP contribution < -0.4 is 0 Å². The molecule has 4 nitrogen and oxygen atoms in total. The molecule has 0 bridgehead atoms. The van der Waals surface area contributed by atoms with Crippen LogP contribution in [0.25, 0.3) is 0 Å². The Morgan fingerprint density at radius 1 is 1.67 bits per heavy atom. The van der Waals surface area contributed by atoms with Crippen molar-refractivity contribution >= 4 is 5.97 Å². The largest absolute Gasteiger partial charge is 0.479 e. The van der Waals surface area contributed by atoms with Crippen LogP contribution in [-0.2, 0) is 4.79 Å². The van der Waals surface area contributed by atoms with E-state index in [4.69, 9.17) is 5.11 Å². The number of hydrogen-bond donors (Lipinski definition) is 2. The van der Waals surface area contributed by atoms with E-state index in [1.54, 1.807) is 6.92 Å². The van der Waals surface area contributed by atoms with Gasteiger partial charge in [-0.25, -0.2) is 4.79 Å². The van der Waals surface area contributed by atoms with Crippen molar-refractivity contribution in [3.63, 3.8) is 0 Å². The highest BCUT2D eigenvalue weighted by atomic mass is 16.4. The van der Waals surface area contributed by atoms with Crippen LogP contribution in [0.4, 0.5) is 0 Å². The van der Waals surface area contributed by atoms with Gasteiger partial charge in [0.2, 0.25) is 0 Å². The molecule has 0 amide bonds. The molecule has 1 saturated heterocycles. The summed E-state index contributed by atoms with van der Waals surface area (Å²) >= 11 is 0. The zero-order valence-electron chi connectivity index (χ0n) is 7.45. The average Bonchev–Trinajstić information content (AvgIpc) is 1.97. The minimum absolute atomic E-state index is 0.200. The van der Waals surface area contributed by atoms with Gasteiger partial charge in [-0.15, -0.1) is 0 Å². The average molecular weight is 173 g/mol. The molecule has 1 heterocycles. The molecule has 2 atom stereocenters. The van der Waals surface area contributed by atoms with Gasteiger partial charge >= 0.3 is 5.97 Å². The second kappa shape index (κ2) is 3.03. The molecule has 0 aromatic heterocycles. The summed E-state index contributed by atoms with van der Waals surface area (Å²) in [5.41, 5.74) is -1.51. The fourth-order valence-corrected chi connectivity index (χ4v) is 1.64. The van der Waals surface area contributed by atoms with Crippen LogP contribution in [0.2, 0.25) is 0 Å². The fraction of sp³-hybridized carbons (Fsp3) is 0.875. The van der Waals surface area contributed by atoms with Gasteiger partial charge in [0.15, 0.2) is 5.60 Å². The summed E-state index contributed by atoms with van der Waals surface area (Å²) in [6.07, 6.45) is 0.319. The Hall–Kier alpha value is -0.610. The smallest absolute Gasteiger partial charge is 0.336 e. The van der Waals surface area contributed by atoms with Crippen molar-refractivity contribution in [1.82, 2.24) is 4.90 Å². The Morgan fingerprint density at radius 3 is 2.67 bits per heavy atom. The maximum atomic E-state index is 10.7. The second-order valence-corrected chi connectivity index (χ2v) is 3.64. The Kier molecular flexibility index (Phi) is 2.39. The second-order valence-electron chi connectivity index (χ2n) is 3.64. The molecule has 4 heteroatoms. The number of nitrogens with zero attached hydrogens (tertiary/aromatic N) is 1. The van der Waals surface area contributed by atoms with Gasteiger partial charge in [0, 0.05) is 19.0 Å². The van der Waals surface area contributed by atoms with Gasteiger partial charge in [0.05, 0.1) is 0 Å². The summed E-state index contributed by atoms with van der Waals surface area (Å²) in [4.78, 5) is 12.8. The molecule has 2 N–H and O–H groups in total. The minimum Gasteiger partial charge on any atom is -0.479 e. The number of piperidine rings is 1. The van der Waals surface area contributed by atoms with Crippen molar-refractivity contribution in [3.05, 3.63) is 0 Å². The van der Waals surface area contributed by atoms with Gasteiger partial charge in [-0.1, -0.05) is 6.92 Å². The van der Waals surface area contributed by atoms with Gasteiger partial charge < -0.3 is 15.1 Å². The molecule has 1 fully saturated rings. The molecule has 0 saturated carbocycles. The minimum atomic E-state index is -1.51. The topological polar surface area (TPSA) is 60.8 Å². The molecule has 70 valence electrons. The van der Waals surface area contributed by atoms with Gasteiger partial charge in [-0.3, -0.25) is 0 Å². The van der Waals surface area contributed by atoms with Gasteiger partial charge in [0.25, 0.3) is 0 Å². The number of carboxylic acids is 1. The standard InChI is InChI=1S/C8H15NO3/c1-6-5-9(2)4-3-8(6,12)7(10)11/h6,12H,3-5H2,1-2H3,(H,10,11)/t6-,8+/m0/s1. The van der Waals surface area contributed by atoms with E-state index < -0.39 is 11.6 Å². The Morgan fingerprint density at radius 2 is 2.25 bits per heavy atom. The molecule has 0 radical (unpaired) electrons. The Labute approximate surface area is 71.8 Å². The van der Waals surface area contributed by atoms with Crippen LogP contribution in [0.5, 0.6) is 0 Å². The predicted octanol–water partition coefficient (Wildman–Crippen LogP) is -0.226. The molecular weight excluding hydrogens is 158 g/mol. The Balaban J connectivity index is 2.72. The number of aliphatic carboxylic acids is 1. The summed E-state index contributed by atoms with van der Waals surface area (Å²) in [5, 5.41) is 18.5. The lowest BCUT2D eigenvalue weighted by Gasteiger charge is -2.38. The maximum Gasteiger partial charge on any atom is 0.336 e. The van der Waals surface area contributed by atoms with Gasteiger partial charge in [-0.2, -0.15) is 0 Å².